The Morgan fingerprint density at radius 2 is 1.76 bits per heavy atom. The zero-order valence-electron chi connectivity index (χ0n) is 18.3. The molecule has 182 valence electrons. The molecule has 1 aliphatic heterocycles. The van der Waals surface area contributed by atoms with E-state index in [1.54, 1.807) is 30.3 Å². The molecule has 1 amide bonds. The summed E-state index contributed by atoms with van der Waals surface area (Å²) in [6, 6.07) is 7.37. The van der Waals surface area contributed by atoms with E-state index in [0.29, 0.717) is 31.5 Å². The summed E-state index contributed by atoms with van der Waals surface area (Å²) in [4.78, 5) is 47.5. The van der Waals surface area contributed by atoms with Crippen molar-refractivity contribution in [3.05, 3.63) is 35.9 Å². The highest BCUT2D eigenvalue weighted by Crippen LogP contribution is 2.22. The molecule has 2 N–H and O–H groups in total. The number of piperidine rings is 1. The lowest BCUT2D eigenvalue weighted by molar-refractivity contribution is -0.150. The number of carbonyl (C=O) groups excluding carboxylic acids is 3. The fraction of sp³-hybridized carbons (Fsp3) is 0.524. The van der Waals surface area contributed by atoms with E-state index in [9.17, 15) is 27.6 Å². The number of hydrogen-bond acceptors (Lipinski definition) is 8. The number of esters is 1. The molecule has 1 aromatic carbocycles. The zero-order chi connectivity index (χ0) is 24.4. The molecule has 1 aliphatic rings. The van der Waals surface area contributed by atoms with E-state index >= 15 is 0 Å². The molecule has 0 saturated carbocycles. The Bertz CT molecular complexity index is 942. The minimum atomic E-state index is -3.27. The van der Waals surface area contributed by atoms with Gasteiger partial charge in [0.1, 0.15) is 12.6 Å². The van der Waals surface area contributed by atoms with Crippen molar-refractivity contribution in [1.29, 1.82) is 0 Å². The highest BCUT2D eigenvalue weighted by atomic mass is 32.2. The summed E-state index contributed by atoms with van der Waals surface area (Å²) in [5, 5.41) is 11.2. The molecule has 0 radical (unpaired) electrons. The Kier molecular flexibility index (Phi) is 9.79. The molecule has 0 spiro atoms. The number of benzene rings is 1. The Balaban J connectivity index is 1.78. The third-order valence-electron chi connectivity index (χ3n) is 5.15. The lowest BCUT2D eigenvalue weighted by Crippen LogP contribution is -2.44. The molecule has 11 nitrogen and oxygen atoms in total. The second-order valence-corrected chi connectivity index (χ2v) is 9.78. The predicted octanol–water partition coefficient (Wildman–Crippen LogP) is 0.930. The van der Waals surface area contributed by atoms with Crippen molar-refractivity contribution in [3.8, 4) is 0 Å². The van der Waals surface area contributed by atoms with Crippen molar-refractivity contribution in [2.24, 2.45) is 5.92 Å². The van der Waals surface area contributed by atoms with Gasteiger partial charge < -0.3 is 19.9 Å². The number of amides is 1. The number of Topliss-reactive ketones (excluding diaryl/α,β-unsaturated/α-hetero) is 1. The van der Waals surface area contributed by atoms with Crippen LogP contribution in [0.4, 0.5) is 4.79 Å². The number of ether oxygens (including phenoxy) is 2. The molecule has 1 aromatic rings. The summed E-state index contributed by atoms with van der Waals surface area (Å²) in [7, 11) is -3.27. The minimum Gasteiger partial charge on any atom is -0.481 e. The van der Waals surface area contributed by atoms with Gasteiger partial charge in [-0.1, -0.05) is 30.3 Å². The van der Waals surface area contributed by atoms with Crippen molar-refractivity contribution in [1.82, 2.24) is 9.62 Å². The monoisotopic (exact) mass is 484 g/mol. The first-order valence-electron chi connectivity index (χ1n) is 10.4. The van der Waals surface area contributed by atoms with Crippen LogP contribution in [-0.2, 0) is 40.5 Å². The average Bonchev–Trinajstić information content (AvgIpc) is 2.76. The predicted molar refractivity (Wildman–Crippen MR) is 116 cm³/mol. The van der Waals surface area contributed by atoms with Gasteiger partial charge in [0.25, 0.3) is 0 Å². The number of carboxylic acids is 1. The summed E-state index contributed by atoms with van der Waals surface area (Å²) < 4.78 is 34.4. The summed E-state index contributed by atoms with van der Waals surface area (Å²) in [5.41, 5.74) is 0.713. The maximum absolute atomic E-state index is 12.4. The van der Waals surface area contributed by atoms with Gasteiger partial charge in [0.2, 0.25) is 10.0 Å². The number of nitrogens with zero attached hydrogens (tertiary/aromatic N) is 1. The number of nitrogens with one attached hydrogen (secondary N) is 1. The number of sulfonamides is 1. The van der Waals surface area contributed by atoms with Crippen molar-refractivity contribution in [2.45, 2.75) is 38.3 Å². The molecule has 1 fully saturated rings. The molecule has 12 heteroatoms. The van der Waals surface area contributed by atoms with Crippen LogP contribution in [0.1, 0.15) is 31.2 Å². The fourth-order valence-electron chi connectivity index (χ4n) is 3.32. The van der Waals surface area contributed by atoms with Gasteiger partial charge in [-0.15, -0.1) is 0 Å². The molecule has 1 heterocycles. The summed E-state index contributed by atoms with van der Waals surface area (Å²) >= 11 is 0. The van der Waals surface area contributed by atoms with Crippen LogP contribution in [0.15, 0.2) is 30.3 Å². The summed E-state index contributed by atoms with van der Waals surface area (Å²) in [6.45, 7) is -0.136. The molecule has 1 unspecified atom stereocenters. The van der Waals surface area contributed by atoms with Crippen molar-refractivity contribution in [3.63, 3.8) is 0 Å². The average molecular weight is 485 g/mol. The van der Waals surface area contributed by atoms with Gasteiger partial charge in [0.15, 0.2) is 12.4 Å². The SMILES string of the molecule is CS(=O)(=O)N1CCC(CC(=O)OCC(=O)C(CC(=O)O)NC(=O)OCc2ccccc2)CC1. The van der Waals surface area contributed by atoms with Crippen LogP contribution in [0.25, 0.3) is 0 Å². The van der Waals surface area contributed by atoms with Gasteiger partial charge in [-0.3, -0.25) is 14.4 Å². The Morgan fingerprint density at radius 3 is 2.33 bits per heavy atom. The number of aliphatic carboxylic acids is 1. The Morgan fingerprint density at radius 1 is 1.12 bits per heavy atom. The molecule has 1 saturated heterocycles. The molecule has 0 aromatic heterocycles. The second kappa shape index (κ2) is 12.3. The van der Waals surface area contributed by atoms with Crippen molar-refractivity contribution >= 4 is 33.8 Å². The van der Waals surface area contributed by atoms with E-state index in [0.717, 1.165) is 6.26 Å². The van der Waals surface area contributed by atoms with Crippen LogP contribution in [0, 0.1) is 5.92 Å². The minimum absolute atomic E-state index is 0.0149. The van der Waals surface area contributed by atoms with E-state index in [4.69, 9.17) is 14.6 Å². The lowest BCUT2D eigenvalue weighted by Gasteiger charge is -2.29. The van der Waals surface area contributed by atoms with E-state index in [2.05, 4.69) is 5.32 Å². The van der Waals surface area contributed by atoms with E-state index in [1.165, 1.54) is 4.31 Å². The summed E-state index contributed by atoms with van der Waals surface area (Å²) in [6.07, 6.45) is 0.468. The number of hydrogen-bond donors (Lipinski definition) is 2. The fourth-order valence-corrected chi connectivity index (χ4v) is 4.19. The van der Waals surface area contributed by atoms with Gasteiger partial charge in [0, 0.05) is 19.5 Å². The number of alkyl carbamates (subject to hydrolysis) is 1. The number of ketones is 1. The second-order valence-electron chi connectivity index (χ2n) is 7.79. The van der Waals surface area contributed by atoms with Crippen LogP contribution in [0.5, 0.6) is 0 Å². The maximum atomic E-state index is 12.4. The third kappa shape index (κ3) is 9.58. The molecular weight excluding hydrogens is 456 g/mol. The smallest absolute Gasteiger partial charge is 0.408 e. The number of rotatable bonds is 11. The van der Waals surface area contributed by atoms with Crippen molar-refractivity contribution in [2.75, 3.05) is 26.0 Å². The molecule has 1 atom stereocenters. The van der Waals surface area contributed by atoms with E-state index in [-0.39, 0.29) is 18.9 Å². The largest absolute Gasteiger partial charge is 0.481 e. The van der Waals surface area contributed by atoms with Crippen molar-refractivity contribution < 1.29 is 42.2 Å². The van der Waals surface area contributed by atoms with Gasteiger partial charge in [-0.05, 0) is 24.3 Å². The Hall–Kier alpha value is -2.99. The van der Waals surface area contributed by atoms with Gasteiger partial charge in [-0.2, -0.15) is 0 Å². The molecule has 0 bridgehead atoms. The van der Waals surface area contributed by atoms with E-state index in [1.807, 2.05) is 0 Å². The van der Waals surface area contributed by atoms with Crippen LogP contribution >= 0.6 is 0 Å². The van der Waals surface area contributed by atoms with Gasteiger partial charge in [-0.25, -0.2) is 17.5 Å². The standard InChI is InChI=1S/C21H28N2O9S/c1-33(29,30)23-9-7-15(8-10-23)11-20(27)31-14-18(24)17(12-19(25)26)22-21(28)32-13-16-5-3-2-4-6-16/h2-6,15,17H,7-14H2,1H3,(H,22,28)(H,25,26). The van der Waals surface area contributed by atoms with Crippen LogP contribution in [0.2, 0.25) is 0 Å². The quantitative estimate of drug-likeness (QED) is 0.436. The lowest BCUT2D eigenvalue weighted by atomic mass is 9.95. The third-order valence-corrected chi connectivity index (χ3v) is 6.45. The number of carboxylic acid groups (broad SMARTS) is 1. The highest BCUT2D eigenvalue weighted by molar-refractivity contribution is 7.88. The summed E-state index contributed by atoms with van der Waals surface area (Å²) in [5.74, 6) is -2.83. The maximum Gasteiger partial charge on any atom is 0.408 e. The van der Waals surface area contributed by atoms with Crippen LogP contribution in [-0.4, -0.2) is 73.6 Å². The number of carbonyl (C=O) groups is 4. The first-order chi connectivity index (χ1) is 15.5. The van der Waals surface area contributed by atoms with E-state index < -0.39 is 52.9 Å². The highest BCUT2D eigenvalue weighted by Gasteiger charge is 2.28. The molecule has 0 aliphatic carbocycles. The molecule has 33 heavy (non-hydrogen) atoms. The van der Waals surface area contributed by atoms with Crippen LogP contribution < -0.4 is 5.32 Å². The van der Waals surface area contributed by atoms with Gasteiger partial charge in [0.05, 0.1) is 12.7 Å². The topological polar surface area (TPSA) is 156 Å². The van der Waals surface area contributed by atoms with Crippen LogP contribution in [0.3, 0.4) is 0 Å². The normalized spacial score (nSPS) is 15.9. The molecular formula is C21H28N2O9S. The zero-order valence-corrected chi connectivity index (χ0v) is 19.1. The first kappa shape index (κ1) is 26.3. The molecule has 2 rings (SSSR count). The Labute approximate surface area is 192 Å². The van der Waals surface area contributed by atoms with Gasteiger partial charge >= 0.3 is 18.0 Å². The first-order valence-corrected chi connectivity index (χ1v) is 12.2.